The molecule has 0 bridgehead atoms. The van der Waals surface area contributed by atoms with Gasteiger partial charge in [-0.2, -0.15) is 0 Å². The third-order valence-corrected chi connectivity index (χ3v) is 5.16. The van der Waals surface area contributed by atoms with Crippen molar-refractivity contribution in [3.05, 3.63) is 89.5 Å². The number of benzene rings is 3. The van der Waals surface area contributed by atoms with Crippen LogP contribution in [0.3, 0.4) is 0 Å². The quantitative estimate of drug-likeness (QED) is 0.472. The normalized spacial score (nSPS) is 14.8. The third kappa shape index (κ3) is 5.19. The Hall–Kier alpha value is -3.54. The van der Waals surface area contributed by atoms with Crippen LogP contribution in [0.1, 0.15) is 43.9 Å². The summed E-state index contributed by atoms with van der Waals surface area (Å²) in [6.07, 6.45) is 0.744. The van der Waals surface area contributed by atoms with Crippen LogP contribution in [0.15, 0.2) is 71.7 Å². The van der Waals surface area contributed by atoms with E-state index >= 15 is 0 Å². The third-order valence-electron chi connectivity index (χ3n) is 5.16. The van der Waals surface area contributed by atoms with Crippen molar-refractivity contribution in [1.29, 1.82) is 0 Å². The molecule has 0 saturated carbocycles. The van der Waals surface area contributed by atoms with Crippen LogP contribution in [-0.4, -0.2) is 18.9 Å². The van der Waals surface area contributed by atoms with Crippen LogP contribution in [0, 0.1) is 11.6 Å². The van der Waals surface area contributed by atoms with Gasteiger partial charge in [-0.25, -0.2) is 13.6 Å². The molecule has 1 atom stereocenters. The van der Waals surface area contributed by atoms with Gasteiger partial charge in [0.15, 0.2) is 0 Å². The molecule has 1 amide bonds. The first kappa shape index (κ1) is 23.1. The van der Waals surface area contributed by atoms with Crippen LogP contribution in [0.2, 0.25) is 0 Å². The molecule has 1 heterocycles. The molecule has 0 radical (unpaired) electrons. The summed E-state index contributed by atoms with van der Waals surface area (Å²) in [5, 5.41) is 2.61. The molecule has 3 aromatic carbocycles. The summed E-state index contributed by atoms with van der Waals surface area (Å²) in [7, 11) is 1.31. The second-order valence-corrected chi connectivity index (χ2v) is 7.04. The largest absolute Gasteiger partial charge is 0.453 e. The van der Waals surface area contributed by atoms with Crippen LogP contribution >= 0.6 is 0 Å². The Morgan fingerprint density at radius 2 is 1.50 bits per heavy atom. The maximum absolute atomic E-state index is 14.0. The topological polar surface area (TPSA) is 50.7 Å². The average Bonchev–Trinajstić information content (AvgIpc) is 3.30. The zero-order valence-corrected chi connectivity index (χ0v) is 18.4. The molecule has 0 saturated heterocycles. The Morgan fingerprint density at radius 3 is 2.06 bits per heavy atom. The van der Waals surface area contributed by atoms with E-state index in [1.165, 1.54) is 25.3 Å². The molecule has 6 heteroatoms. The van der Waals surface area contributed by atoms with Crippen molar-refractivity contribution in [3.8, 4) is 11.1 Å². The highest BCUT2D eigenvalue weighted by molar-refractivity contribution is 6.02. The van der Waals surface area contributed by atoms with E-state index < -0.39 is 17.7 Å². The Labute approximate surface area is 187 Å². The minimum atomic E-state index is -0.574. The van der Waals surface area contributed by atoms with Crippen molar-refractivity contribution >= 4 is 17.5 Å². The summed E-state index contributed by atoms with van der Waals surface area (Å²) in [5.74, 6) is -1.15. The van der Waals surface area contributed by atoms with Gasteiger partial charge >= 0.3 is 6.09 Å². The summed E-state index contributed by atoms with van der Waals surface area (Å²) < 4.78 is 32.7. The smallest absolute Gasteiger partial charge is 0.411 e. The molecule has 1 N–H and O–H groups in total. The second kappa shape index (κ2) is 10.7. The van der Waals surface area contributed by atoms with Crippen molar-refractivity contribution in [3.63, 3.8) is 0 Å². The van der Waals surface area contributed by atoms with Gasteiger partial charge in [-0.15, -0.1) is 0 Å². The molecule has 0 fully saturated rings. The predicted octanol–water partition coefficient (Wildman–Crippen LogP) is 7.16. The summed E-state index contributed by atoms with van der Waals surface area (Å²) >= 11 is 0. The zero-order chi connectivity index (χ0) is 23.1. The molecule has 3 aromatic rings. The number of amides is 1. The maximum atomic E-state index is 14.0. The fourth-order valence-corrected chi connectivity index (χ4v) is 3.61. The number of carbonyl (C=O) groups excluding carboxylic acids is 1. The summed E-state index contributed by atoms with van der Waals surface area (Å²) in [5.41, 5.74) is 4.14. The number of halogens is 2. The standard InChI is InChI=1S/C24H20F2N2O2.C2H6/c1-30-24(29)27-18-11-9-16(10-12-18)15-5-7-17(8-6-15)21-13-14-22(28-21)23-19(25)3-2-4-20(23)26;1-2/h2-12,21H,13-14H2,1H3,(H,27,29);1-2H3. The first-order chi connectivity index (χ1) is 15.5. The average molecular weight is 437 g/mol. The van der Waals surface area contributed by atoms with E-state index in [-0.39, 0.29) is 11.6 Å². The van der Waals surface area contributed by atoms with Gasteiger partial charge in [0.1, 0.15) is 11.6 Å². The Bertz CT molecular complexity index is 1070. The van der Waals surface area contributed by atoms with Crippen LogP contribution in [-0.2, 0) is 4.74 Å². The van der Waals surface area contributed by atoms with Crippen LogP contribution in [0.25, 0.3) is 11.1 Å². The monoisotopic (exact) mass is 436 g/mol. The van der Waals surface area contributed by atoms with Gasteiger partial charge < -0.3 is 4.74 Å². The fourth-order valence-electron chi connectivity index (χ4n) is 3.61. The molecule has 0 aliphatic carbocycles. The van der Waals surface area contributed by atoms with Crippen molar-refractivity contribution < 1.29 is 18.3 Å². The van der Waals surface area contributed by atoms with Gasteiger partial charge in [0.25, 0.3) is 0 Å². The van der Waals surface area contributed by atoms with E-state index in [1.54, 1.807) is 12.1 Å². The summed E-state index contributed by atoms with van der Waals surface area (Å²) in [6, 6.07) is 19.2. The molecular formula is C26H26F2N2O2. The number of carbonyl (C=O) groups is 1. The lowest BCUT2D eigenvalue weighted by Crippen LogP contribution is -2.10. The summed E-state index contributed by atoms with van der Waals surface area (Å²) in [4.78, 5) is 15.8. The van der Waals surface area contributed by atoms with E-state index in [0.29, 0.717) is 17.8 Å². The molecule has 1 aliphatic heterocycles. The first-order valence-corrected chi connectivity index (χ1v) is 10.6. The highest BCUT2D eigenvalue weighted by Gasteiger charge is 2.24. The number of nitrogens with zero attached hydrogens (tertiary/aromatic N) is 1. The molecule has 4 nitrogen and oxygen atoms in total. The van der Waals surface area contributed by atoms with Gasteiger partial charge in [-0.3, -0.25) is 10.3 Å². The van der Waals surface area contributed by atoms with E-state index in [0.717, 1.165) is 23.1 Å². The minimum Gasteiger partial charge on any atom is -0.453 e. The molecule has 4 rings (SSSR count). The van der Waals surface area contributed by atoms with Gasteiger partial charge in [0, 0.05) is 11.4 Å². The number of rotatable bonds is 4. The lowest BCUT2D eigenvalue weighted by molar-refractivity contribution is 0.187. The lowest BCUT2D eigenvalue weighted by atomic mass is 9.99. The zero-order valence-electron chi connectivity index (χ0n) is 18.4. The molecule has 1 aliphatic rings. The molecule has 166 valence electrons. The number of hydrogen-bond acceptors (Lipinski definition) is 3. The summed E-state index contributed by atoms with van der Waals surface area (Å²) in [6.45, 7) is 4.00. The van der Waals surface area contributed by atoms with Crippen LogP contribution in [0.5, 0.6) is 0 Å². The number of methoxy groups -OCH3 is 1. The lowest BCUT2D eigenvalue weighted by Gasteiger charge is -2.09. The van der Waals surface area contributed by atoms with E-state index in [1.807, 2.05) is 50.2 Å². The van der Waals surface area contributed by atoms with Crippen LogP contribution in [0.4, 0.5) is 19.3 Å². The molecule has 0 spiro atoms. The number of hydrogen-bond donors (Lipinski definition) is 1. The van der Waals surface area contributed by atoms with E-state index in [2.05, 4.69) is 15.0 Å². The van der Waals surface area contributed by atoms with Crippen molar-refractivity contribution in [1.82, 2.24) is 0 Å². The van der Waals surface area contributed by atoms with Crippen molar-refractivity contribution in [2.45, 2.75) is 32.7 Å². The van der Waals surface area contributed by atoms with Crippen molar-refractivity contribution in [2.24, 2.45) is 4.99 Å². The maximum Gasteiger partial charge on any atom is 0.411 e. The highest BCUT2D eigenvalue weighted by Crippen LogP contribution is 2.33. The first-order valence-electron chi connectivity index (χ1n) is 10.6. The van der Waals surface area contributed by atoms with E-state index in [4.69, 9.17) is 0 Å². The number of anilines is 1. The molecule has 0 aromatic heterocycles. The van der Waals surface area contributed by atoms with Gasteiger partial charge in [0.2, 0.25) is 0 Å². The highest BCUT2D eigenvalue weighted by atomic mass is 19.1. The number of nitrogens with one attached hydrogen (secondary N) is 1. The SMILES string of the molecule is CC.COC(=O)Nc1ccc(-c2ccc(C3CCC(c4c(F)cccc4F)=N3)cc2)cc1. The Morgan fingerprint density at radius 1 is 0.938 bits per heavy atom. The van der Waals surface area contributed by atoms with Gasteiger partial charge in [0.05, 0.1) is 18.7 Å². The number of aliphatic imine (C=N–C) groups is 1. The van der Waals surface area contributed by atoms with Crippen LogP contribution < -0.4 is 5.32 Å². The predicted molar refractivity (Wildman–Crippen MR) is 124 cm³/mol. The van der Waals surface area contributed by atoms with Gasteiger partial charge in [-0.05, 0) is 53.8 Å². The van der Waals surface area contributed by atoms with Crippen molar-refractivity contribution in [2.75, 3.05) is 12.4 Å². The Balaban J connectivity index is 0.00000141. The second-order valence-electron chi connectivity index (χ2n) is 7.04. The Kier molecular flexibility index (Phi) is 7.71. The van der Waals surface area contributed by atoms with E-state index in [9.17, 15) is 13.6 Å². The number of ether oxygens (including phenoxy) is 1. The molecule has 1 unspecified atom stereocenters. The molecule has 32 heavy (non-hydrogen) atoms. The molecular weight excluding hydrogens is 410 g/mol. The fraction of sp³-hybridized carbons (Fsp3) is 0.231. The van der Waals surface area contributed by atoms with Gasteiger partial charge in [-0.1, -0.05) is 56.3 Å². The minimum absolute atomic E-state index is 0.0164.